The van der Waals surface area contributed by atoms with E-state index in [9.17, 15) is 5.11 Å². The van der Waals surface area contributed by atoms with E-state index in [0.717, 1.165) is 49.7 Å². The van der Waals surface area contributed by atoms with Gasteiger partial charge in [-0.2, -0.15) is 5.26 Å². The molecule has 2 aromatic heterocycles. The zero-order chi connectivity index (χ0) is 21.5. The van der Waals surface area contributed by atoms with Crippen LogP contribution in [0.4, 0.5) is 0 Å². The van der Waals surface area contributed by atoms with Gasteiger partial charge in [-0.05, 0) is 68.8 Å². The van der Waals surface area contributed by atoms with Gasteiger partial charge in [0.2, 0.25) is 0 Å². The molecule has 3 heterocycles. The van der Waals surface area contributed by atoms with Crippen LogP contribution >= 0.6 is 11.3 Å². The molecular formula is C24H26N4O2S. The quantitative estimate of drug-likeness (QED) is 0.543. The van der Waals surface area contributed by atoms with Crippen molar-refractivity contribution in [2.45, 2.75) is 24.9 Å². The third-order valence-electron chi connectivity index (χ3n) is 5.86. The number of pyridine rings is 1. The van der Waals surface area contributed by atoms with Crippen molar-refractivity contribution in [1.82, 2.24) is 14.9 Å². The van der Waals surface area contributed by atoms with E-state index in [1.54, 1.807) is 24.5 Å². The van der Waals surface area contributed by atoms with E-state index < -0.39 is 5.60 Å². The monoisotopic (exact) mass is 434 g/mol. The van der Waals surface area contributed by atoms with Crippen molar-refractivity contribution in [3.8, 4) is 11.8 Å². The van der Waals surface area contributed by atoms with Crippen molar-refractivity contribution in [3.05, 3.63) is 76.5 Å². The molecule has 160 valence electrons. The summed E-state index contributed by atoms with van der Waals surface area (Å²) < 4.78 is 5.79. The van der Waals surface area contributed by atoms with Crippen molar-refractivity contribution in [3.63, 3.8) is 0 Å². The van der Waals surface area contributed by atoms with Gasteiger partial charge in [-0.25, -0.2) is 4.98 Å². The number of likely N-dealkylation sites (tertiary alicyclic amines) is 1. The highest BCUT2D eigenvalue weighted by atomic mass is 32.1. The highest BCUT2D eigenvalue weighted by molar-refractivity contribution is 7.09. The van der Waals surface area contributed by atoms with Gasteiger partial charge >= 0.3 is 0 Å². The lowest BCUT2D eigenvalue weighted by atomic mass is 9.78. The summed E-state index contributed by atoms with van der Waals surface area (Å²) in [6.07, 6.45) is 6.20. The first-order valence-corrected chi connectivity index (χ1v) is 11.5. The lowest BCUT2D eigenvalue weighted by Gasteiger charge is -2.40. The van der Waals surface area contributed by atoms with Crippen LogP contribution in [0.2, 0.25) is 0 Å². The molecule has 1 N–H and O–H groups in total. The van der Waals surface area contributed by atoms with Crippen molar-refractivity contribution >= 4 is 11.3 Å². The summed E-state index contributed by atoms with van der Waals surface area (Å²) in [5, 5.41) is 23.2. The number of benzene rings is 1. The molecule has 1 fully saturated rings. The molecule has 0 aliphatic carbocycles. The summed E-state index contributed by atoms with van der Waals surface area (Å²) in [7, 11) is 0. The third kappa shape index (κ3) is 4.93. The maximum Gasteiger partial charge on any atom is 0.160 e. The molecule has 1 saturated heterocycles. The Balaban J connectivity index is 1.29. The van der Waals surface area contributed by atoms with Crippen molar-refractivity contribution in [2.75, 3.05) is 26.2 Å². The van der Waals surface area contributed by atoms with E-state index in [1.807, 2.05) is 35.7 Å². The number of ether oxygens (including phenoxy) is 1. The molecule has 0 spiro atoms. The Bertz CT molecular complexity index is 981. The molecule has 1 aromatic carbocycles. The Hall–Kier alpha value is -2.79. The fraction of sp³-hybridized carbons (Fsp3) is 0.375. The summed E-state index contributed by atoms with van der Waals surface area (Å²) in [5.41, 5.74) is 0.179. The molecule has 1 aliphatic heterocycles. The van der Waals surface area contributed by atoms with E-state index in [1.165, 1.54) is 11.3 Å². The fourth-order valence-corrected chi connectivity index (χ4v) is 4.99. The van der Waals surface area contributed by atoms with Gasteiger partial charge in [0.15, 0.2) is 5.60 Å². The van der Waals surface area contributed by atoms with Crippen LogP contribution in [0.1, 0.15) is 35.5 Å². The minimum atomic E-state index is -1.14. The lowest BCUT2D eigenvalue weighted by Crippen LogP contribution is -2.45. The molecule has 0 amide bonds. The number of hydrogen-bond acceptors (Lipinski definition) is 7. The molecule has 1 unspecified atom stereocenters. The fourth-order valence-electron chi connectivity index (χ4n) is 4.17. The normalized spacial score (nSPS) is 17.0. The van der Waals surface area contributed by atoms with Crippen LogP contribution in [0.3, 0.4) is 0 Å². The molecular weight excluding hydrogens is 408 g/mol. The Morgan fingerprint density at radius 3 is 2.58 bits per heavy atom. The number of thiazole rings is 1. The number of piperidine rings is 1. The molecule has 1 atom stereocenters. The van der Waals surface area contributed by atoms with Crippen LogP contribution in [0, 0.1) is 17.2 Å². The maximum absolute atomic E-state index is 11.8. The second-order valence-electron chi connectivity index (χ2n) is 7.77. The number of aliphatic hydroxyl groups is 1. The highest BCUT2D eigenvalue weighted by Crippen LogP contribution is 2.41. The summed E-state index contributed by atoms with van der Waals surface area (Å²) in [6, 6.07) is 15.0. The van der Waals surface area contributed by atoms with E-state index in [2.05, 4.69) is 20.9 Å². The summed E-state index contributed by atoms with van der Waals surface area (Å²) in [5.74, 6) is 0.876. The smallest absolute Gasteiger partial charge is 0.160 e. The second kappa shape index (κ2) is 10.0. The SMILES string of the molecule is N#Cc1ccc(OCCCN2CCC(C(O)(c3ccccn3)c3nccs3)CC2)cc1. The zero-order valence-corrected chi connectivity index (χ0v) is 18.2. The zero-order valence-electron chi connectivity index (χ0n) is 17.4. The van der Waals surface area contributed by atoms with Crippen LogP contribution in [-0.2, 0) is 5.60 Å². The van der Waals surface area contributed by atoms with Crippen LogP contribution in [-0.4, -0.2) is 46.2 Å². The van der Waals surface area contributed by atoms with E-state index >= 15 is 0 Å². The first-order valence-electron chi connectivity index (χ1n) is 10.6. The van der Waals surface area contributed by atoms with Gasteiger partial charge in [0.25, 0.3) is 0 Å². The summed E-state index contributed by atoms with van der Waals surface area (Å²) >= 11 is 1.49. The number of aromatic nitrogens is 2. The summed E-state index contributed by atoms with van der Waals surface area (Å²) in [6.45, 7) is 3.47. The van der Waals surface area contributed by atoms with Crippen molar-refractivity contribution in [1.29, 1.82) is 5.26 Å². The molecule has 0 saturated carbocycles. The summed E-state index contributed by atoms with van der Waals surface area (Å²) in [4.78, 5) is 11.3. The minimum Gasteiger partial charge on any atom is -0.494 e. The van der Waals surface area contributed by atoms with E-state index in [4.69, 9.17) is 10.00 Å². The number of hydrogen-bond donors (Lipinski definition) is 1. The number of nitriles is 1. The average molecular weight is 435 g/mol. The van der Waals surface area contributed by atoms with Gasteiger partial charge in [0.05, 0.1) is 23.9 Å². The Labute approximate surface area is 186 Å². The van der Waals surface area contributed by atoms with E-state index in [0.29, 0.717) is 17.9 Å². The van der Waals surface area contributed by atoms with Crippen molar-refractivity contribution in [2.24, 2.45) is 5.92 Å². The van der Waals surface area contributed by atoms with Crippen LogP contribution in [0.15, 0.2) is 60.2 Å². The Morgan fingerprint density at radius 1 is 1.13 bits per heavy atom. The molecule has 1 aliphatic rings. The number of rotatable bonds is 8. The minimum absolute atomic E-state index is 0.0831. The van der Waals surface area contributed by atoms with Gasteiger partial charge < -0.3 is 14.7 Å². The second-order valence-corrected chi connectivity index (χ2v) is 8.67. The van der Waals surface area contributed by atoms with E-state index in [-0.39, 0.29) is 5.92 Å². The lowest BCUT2D eigenvalue weighted by molar-refractivity contribution is -0.0180. The predicted octanol–water partition coefficient (Wildman–Crippen LogP) is 3.83. The largest absolute Gasteiger partial charge is 0.494 e. The van der Waals surface area contributed by atoms with Crippen LogP contribution in [0.25, 0.3) is 0 Å². The molecule has 7 heteroatoms. The maximum atomic E-state index is 11.8. The first kappa shape index (κ1) is 21.4. The van der Waals surface area contributed by atoms with Gasteiger partial charge in [-0.15, -0.1) is 11.3 Å². The molecule has 0 radical (unpaired) electrons. The Kier molecular flexibility index (Phi) is 6.92. The van der Waals surface area contributed by atoms with Gasteiger partial charge in [0, 0.05) is 30.2 Å². The molecule has 31 heavy (non-hydrogen) atoms. The molecule has 4 rings (SSSR count). The highest BCUT2D eigenvalue weighted by Gasteiger charge is 2.44. The molecule has 3 aromatic rings. The average Bonchev–Trinajstić information content (AvgIpc) is 3.38. The predicted molar refractivity (Wildman–Crippen MR) is 120 cm³/mol. The van der Waals surface area contributed by atoms with Gasteiger partial charge in [0.1, 0.15) is 10.8 Å². The van der Waals surface area contributed by atoms with Crippen LogP contribution < -0.4 is 4.74 Å². The standard InChI is InChI=1S/C24H26N4O2S/c25-18-19-5-7-21(8-6-19)30-16-3-13-28-14-9-20(10-15-28)24(29,23-27-12-17-31-23)22-4-1-2-11-26-22/h1-2,4-8,11-12,17,20,29H,3,9-10,13-16H2. The molecule has 0 bridgehead atoms. The van der Waals surface area contributed by atoms with Crippen molar-refractivity contribution < 1.29 is 9.84 Å². The van der Waals surface area contributed by atoms with Gasteiger partial charge in [-0.1, -0.05) is 6.07 Å². The molecule has 6 nitrogen and oxygen atoms in total. The first-order chi connectivity index (χ1) is 15.2. The third-order valence-corrected chi connectivity index (χ3v) is 6.76. The van der Waals surface area contributed by atoms with Gasteiger partial charge in [-0.3, -0.25) is 4.98 Å². The topological polar surface area (TPSA) is 82.3 Å². The number of nitrogens with zero attached hydrogens (tertiary/aromatic N) is 4. The Morgan fingerprint density at radius 2 is 1.94 bits per heavy atom. The van der Waals surface area contributed by atoms with Crippen LogP contribution in [0.5, 0.6) is 5.75 Å².